The highest BCUT2D eigenvalue weighted by atomic mass is 16.5. The van der Waals surface area contributed by atoms with Gasteiger partial charge in [-0.3, -0.25) is 4.79 Å². The Kier molecular flexibility index (Phi) is 2.22. The minimum atomic E-state index is -0.0124. The first kappa shape index (κ1) is 10.6. The molecule has 1 aliphatic heterocycles. The summed E-state index contributed by atoms with van der Waals surface area (Å²) < 4.78 is 5.12. The van der Waals surface area contributed by atoms with E-state index in [0.29, 0.717) is 18.1 Å². The SMILES string of the molecule is CN1CC(=O)Nc2ccc(-c3cc(N)no3)cc21. The maximum Gasteiger partial charge on any atom is 0.243 e. The molecule has 1 aliphatic rings. The van der Waals surface area contributed by atoms with Crippen molar-refractivity contribution in [1.29, 1.82) is 0 Å². The zero-order chi connectivity index (χ0) is 12.7. The fourth-order valence-electron chi connectivity index (χ4n) is 2.02. The second-order valence-corrected chi connectivity index (χ2v) is 4.25. The monoisotopic (exact) mass is 244 g/mol. The van der Waals surface area contributed by atoms with E-state index in [4.69, 9.17) is 10.3 Å². The maximum absolute atomic E-state index is 11.4. The van der Waals surface area contributed by atoms with Crippen molar-refractivity contribution in [1.82, 2.24) is 5.16 Å². The minimum absolute atomic E-state index is 0.0124. The van der Waals surface area contributed by atoms with Gasteiger partial charge in [0, 0.05) is 18.7 Å². The molecule has 6 nitrogen and oxygen atoms in total. The molecular formula is C12H12N4O2. The van der Waals surface area contributed by atoms with E-state index >= 15 is 0 Å². The molecule has 0 atom stereocenters. The zero-order valence-corrected chi connectivity index (χ0v) is 9.80. The number of fused-ring (bicyclic) bond motifs is 1. The molecule has 0 aliphatic carbocycles. The highest BCUT2D eigenvalue weighted by Gasteiger charge is 2.20. The topological polar surface area (TPSA) is 84.4 Å². The third-order valence-electron chi connectivity index (χ3n) is 2.88. The molecule has 0 radical (unpaired) electrons. The second-order valence-electron chi connectivity index (χ2n) is 4.25. The van der Waals surface area contributed by atoms with Crippen LogP contribution in [0, 0.1) is 0 Å². The van der Waals surface area contributed by atoms with Crippen LogP contribution in [0.4, 0.5) is 17.2 Å². The first-order chi connectivity index (χ1) is 8.63. The van der Waals surface area contributed by atoms with Gasteiger partial charge < -0.3 is 20.5 Å². The van der Waals surface area contributed by atoms with Gasteiger partial charge in [-0.15, -0.1) is 0 Å². The Labute approximate surface area is 103 Å². The van der Waals surface area contributed by atoms with Crippen LogP contribution in [0.3, 0.4) is 0 Å². The molecule has 1 aromatic carbocycles. The summed E-state index contributed by atoms with van der Waals surface area (Å²) in [5.41, 5.74) is 8.15. The van der Waals surface area contributed by atoms with Crippen molar-refractivity contribution < 1.29 is 9.32 Å². The number of anilines is 3. The molecule has 2 aromatic rings. The quantitative estimate of drug-likeness (QED) is 0.790. The highest BCUT2D eigenvalue weighted by molar-refractivity contribution is 6.01. The molecule has 6 heteroatoms. The number of rotatable bonds is 1. The molecular weight excluding hydrogens is 232 g/mol. The molecule has 1 aromatic heterocycles. The Morgan fingerprint density at radius 1 is 1.44 bits per heavy atom. The first-order valence-electron chi connectivity index (χ1n) is 5.51. The van der Waals surface area contributed by atoms with E-state index in [1.54, 1.807) is 6.07 Å². The number of nitrogen functional groups attached to an aromatic ring is 1. The van der Waals surface area contributed by atoms with Crippen molar-refractivity contribution in [2.45, 2.75) is 0 Å². The van der Waals surface area contributed by atoms with Gasteiger partial charge >= 0.3 is 0 Å². The number of carbonyl (C=O) groups excluding carboxylic acids is 1. The summed E-state index contributed by atoms with van der Waals surface area (Å²) in [5, 5.41) is 6.48. The summed E-state index contributed by atoms with van der Waals surface area (Å²) in [6.07, 6.45) is 0. The Bertz CT molecular complexity index is 620. The largest absolute Gasteiger partial charge is 0.381 e. The van der Waals surface area contributed by atoms with Gasteiger partial charge in [0.1, 0.15) is 0 Å². The number of benzene rings is 1. The van der Waals surface area contributed by atoms with E-state index < -0.39 is 0 Å². The van der Waals surface area contributed by atoms with Gasteiger partial charge in [0.15, 0.2) is 11.6 Å². The lowest BCUT2D eigenvalue weighted by Gasteiger charge is -2.27. The van der Waals surface area contributed by atoms with Gasteiger partial charge in [0.05, 0.1) is 17.9 Å². The minimum Gasteiger partial charge on any atom is -0.381 e. The molecule has 3 rings (SSSR count). The average molecular weight is 244 g/mol. The van der Waals surface area contributed by atoms with Gasteiger partial charge in [-0.05, 0) is 18.2 Å². The van der Waals surface area contributed by atoms with E-state index in [1.807, 2.05) is 30.1 Å². The summed E-state index contributed by atoms with van der Waals surface area (Å²) >= 11 is 0. The summed E-state index contributed by atoms with van der Waals surface area (Å²) in [6.45, 7) is 0.342. The van der Waals surface area contributed by atoms with Gasteiger partial charge in [0.25, 0.3) is 0 Å². The van der Waals surface area contributed by atoms with Crippen LogP contribution in [0.2, 0.25) is 0 Å². The predicted octanol–water partition coefficient (Wildman–Crippen LogP) is 1.31. The third kappa shape index (κ3) is 1.67. The molecule has 0 spiro atoms. The van der Waals surface area contributed by atoms with Gasteiger partial charge in [-0.1, -0.05) is 5.16 Å². The van der Waals surface area contributed by atoms with Crippen molar-refractivity contribution in [3.8, 4) is 11.3 Å². The number of likely N-dealkylation sites (N-methyl/N-ethyl adjacent to an activating group) is 1. The van der Waals surface area contributed by atoms with Crippen LogP contribution in [-0.4, -0.2) is 24.7 Å². The molecule has 3 N–H and O–H groups in total. The number of hydrogen-bond donors (Lipinski definition) is 2. The van der Waals surface area contributed by atoms with Crippen LogP contribution < -0.4 is 16.0 Å². The molecule has 0 saturated heterocycles. The van der Waals surface area contributed by atoms with Crippen molar-refractivity contribution in [2.24, 2.45) is 0 Å². The van der Waals surface area contributed by atoms with Crippen LogP contribution >= 0.6 is 0 Å². The average Bonchev–Trinajstić information content (AvgIpc) is 2.75. The Morgan fingerprint density at radius 2 is 2.28 bits per heavy atom. The number of hydrogen-bond acceptors (Lipinski definition) is 5. The molecule has 0 fully saturated rings. The van der Waals surface area contributed by atoms with Crippen molar-refractivity contribution >= 4 is 23.1 Å². The second kappa shape index (κ2) is 3.76. The Hall–Kier alpha value is -2.50. The number of amides is 1. The molecule has 2 heterocycles. The number of aromatic nitrogens is 1. The molecule has 0 bridgehead atoms. The lowest BCUT2D eigenvalue weighted by Crippen LogP contribution is -2.35. The summed E-state index contributed by atoms with van der Waals surface area (Å²) in [4.78, 5) is 13.3. The van der Waals surface area contributed by atoms with Crippen LogP contribution in [-0.2, 0) is 4.79 Å². The Morgan fingerprint density at radius 3 is 3.00 bits per heavy atom. The van der Waals surface area contributed by atoms with E-state index in [1.165, 1.54) is 0 Å². The van der Waals surface area contributed by atoms with Gasteiger partial charge in [0.2, 0.25) is 5.91 Å². The van der Waals surface area contributed by atoms with Crippen molar-refractivity contribution in [3.05, 3.63) is 24.3 Å². The lowest BCUT2D eigenvalue weighted by molar-refractivity contribution is -0.115. The molecule has 0 unspecified atom stereocenters. The predicted molar refractivity (Wildman–Crippen MR) is 68.3 cm³/mol. The molecule has 92 valence electrons. The van der Waals surface area contributed by atoms with E-state index in [9.17, 15) is 4.79 Å². The van der Waals surface area contributed by atoms with Gasteiger partial charge in [-0.25, -0.2) is 0 Å². The highest BCUT2D eigenvalue weighted by Crippen LogP contribution is 2.33. The number of carbonyl (C=O) groups is 1. The fourth-order valence-corrected chi connectivity index (χ4v) is 2.02. The van der Waals surface area contributed by atoms with Crippen molar-refractivity contribution in [3.63, 3.8) is 0 Å². The number of nitrogens with two attached hydrogens (primary N) is 1. The number of nitrogens with one attached hydrogen (secondary N) is 1. The van der Waals surface area contributed by atoms with Crippen LogP contribution in [0.1, 0.15) is 0 Å². The first-order valence-corrected chi connectivity index (χ1v) is 5.51. The van der Waals surface area contributed by atoms with Crippen LogP contribution in [0.15, 0.2) is 28.8 Å². The molecule has 1 amide bonds. The smallest absolute Gasteiger partial charge is 0.243 e. The fraction of sp³-hybridized carbons (Fsp3) is 0.167. The standard InChI is InChI=1S/C12H12N4O2/c1-16-6-12(17)14-8-3-2-7(4-9(8)16)10-5-11(13)15-18-10/h2-5H,6H2,1H3,(H2,13,15)(H,14,17). The normalized spacial score (nSPS) is 14.3. The number of nitrogens with zero attached hydrogens (tertiary/aromatic N) is 2. The summed E-state index contributed by atoms with van der Waals surface area (Å²) in [5.74, 6) is 0.951. The Balaban J connectivity index is 2.05. The van der Waals surface area contributed by atoms with Crippen LogP contribution in [0.5, 0.6) is 0 Å². The summed E-state index contributed by atoms with van der Waals surface area (Å²) in [6, 6.07) is 7.31. The van der Waals surface area contributed by atoms with Crippen LogP contribution in [0.25, 0.3) is 11.3 Å². The third-order valence-corrected chi connectivity index (χ3v) is 2.88. The van der Waals surface area contributed by atoms with E-state index in [0.717, 1.165) is 16.9 Å². The van der Waals surface area contributed by atoms with Gasteiger partial charge in [-0.2, -0.15) is 0 Å². The molecule has 0 saturated carbocycles. The van der Waals surface area contributed by atoms with E-state index in [2.05, 4.69) is 10.5 Å². The molecule has 18 heavy (non-hydrogen) atoms. The van der Waals surface area contributed by atoms with E-state index in [-0.39, 0.29) is 5.91 Å². The maximum atomic E-state index is 11.4. The zero-order valence-electron chi connectivity index (χ0n) is 9.80. The lowest BCUT2D eigenvalue weighted by atomic mass is 10.1. The summed E-state index contributed by atoms with van der Waals surface area (Å²) in [7, 11) is 1.87. The van der Waals surface area contributed by atoms with Crippen molar-refractivity contribution in [2.75, 3.05) is 29.5 Å².